The molecule has 37 heavy (non-hydrogen) atoms. The van der Waals surface area contributed by atoms with E-state index >= 15 is 0 Å². The summed E-state index contributed by atoms with van der Waals surface area (Å²) in [7, 11) is -2.84. The number of carboxylic acid groups (broad SMARTS) is 1. The van der Waals surface area contributed by atoms with Crippen LogP contribution in [0.3, 0.4) is 0 Å². The summed E-state index contributed by atoms with van der Waals surface area (Å²) in [5.41, 5.74) is 8.78. The number of pyridine rings is 1. The number of methoxy groups -OCH3 is 1. The van der Waals surface area contributed by atoms with Crippen LogP contribution in [0.4, 0.5) is 5.69 Å². The van der Waals surface area contributed by atoms with Crippen LogP contribution < -0.4 is 10.5 Å². The number of carboxylic acids is 1. The van der Waals surface area contributed by atoms with Crippen molar-refractivity contribution < 1.29 is 27.9 Å². The lowest BCUT2D eigenvalue weighted by molar-refractivity contribution is 0.0693. The number of aromatic carboxylic acids is 1. The van der Waals surface area contributed by atoms with E-state index in [2.05, 4.69) is 4.98 Å². The number of ether oxygens (including phenoxy) is 1. The second-order valence-corrected chi connectivity index (χ2v) is 10.2. The number of hydrogen-bond acceptors (Lipinski definition) is 7. The highest BCUT2D eigenvalue weighted by Crippen LogP contribution is 2.42. The number of carbonyl (C=O) groups excluding carboxylic acids is 1. The van der Waals surface area contributed by atoms with Crippen molar-refractivity contribution in [2.45, 2.75) is 23.1 Å². The molecule has 0 spiro atoms. The Morgan fingerprint density at radius 1 is 1.08 bits per heavy atom. The van der Waals surface area contributed by atoms with Crippen molar-refractivity contribution >= 4 is 27.8 Å². The van der Waals surface area contributed by atoms with Gasteiger partial charge in [-0.05, 0) is 65.9 Å². The van der Waals surface area contributed by atoms with Gasteiger partial charge in [0.1, 0.15) is 17.6 Å². The Labute approximate surface area is 214 Å². The Hall–Kier alpha value is -4.50. The van der Waals surface area contributed by atoms with E-state index in [4.69, 9.17) is 10.5 Å². The number of hydrogen-bond donors (Lipinski definition) is 2. The summed E-state index contributed by atoms with van der Waals surface area (Å²) in [6.07, 6.45) is 4.22. The van der Waals surface area contributed by atoms with Crippen molar-refractivity contribution in [3.05, 3.63) is 101 Å². The molecule has 0 aliphatic heterocycles. The molecule has 0 unspecified atom stereocenters. The van der Waals surface area contributed by atoms with Crippen LogP contribution in [0, 0.1) is 6.92 Å². The van der Waals surface area contributed by atoms with E-state index < -0.39 is 21.4 Å². The third-order valence-electron chi connectivity index (χ3n) is 6.15. The third kappa shape index (κ3) is 4.81. The van der Waals surface area contributed by atoms with E-state index in [1.54, 1.807) is 49.6 Å². The largest absolute Gasteiger partial charge is 0.497 e. The Morgan fingerprint density at radius 3 is 2.30 bits per heavy atom. The first-order valence-electron chi connectivity index (χ1n) is 11.2. The first kappa shape index (κ1) is 25.6. The van der Waals surface area contributed by atoms with Gasteiger partial charge in [0.05, 0.1) is 22.6 Å². The van der Waals surface area contributed by atoms with E-state index in [1.807, 2.05) is 6.07 Å². The Kier molecular flexibility index (Phi) is 7.08. The lowest BCUT2D eigenvalue weighted by atomic mass is 9.87. The minimum absolute atomic E-state index is 0.0892. The minimum Gasteiger partial charge on any atom is -0.497 e. The average Bonchev–Trinajstić information content (AvgIpc) is 2.91. The van der Waals surface area contributed by atoms with E-state index in [-0.39, 0.29) is 27.5 Å². The van der Waals surface area contributed by atoms with Gasteiger partial charge in [-0.3, -0.25) is 9.78 Å². The summed E-state index contributed by atoms with van der Waals surface area (Å²) in [5.74, 6) is -1.01. The summed E-state index contributed by atoms with van der Waals surface area (Å²) in [5, 5.41) is 10.2. The molecular weight excluding hydrogens is 492 g/mol. The van der Waals surface area contributed by atoms with Gasteiger partial charge in [-0.2, -0.15) is 0 Å². The van der Waals surface area contributed by atoms with Gasteiger partial charge < -0.3 is 15.6 Å². The van der Waals surface area contributed by atoms with E-state index in [1.165, 1.54) is 31.4 Å². The summed E-state index contributed by atoms with van der Waals surface area (Å²) in [6, 6.07) is 15.8. The molecule has 188 valence electrons. The monoisotopic (exact) mass is 516 g/mol. The number of rotatable bonds is 8. The van der Waals surface area contributed by atoms with Crippen molar-refractivity contribution in [3.8, 4) is 16.9 Å². The van der Waals surface area contributed by atoms with Crippen molar-refractivity contribution in [1.29, 1.82) is 0 Å². The molecule has 0 atom stereocenters. The highest BCUT2D eigenvalue weighted by Gasteiger charge is 2.33. The number of aromatic nitrogens is 1. The highest BCUT2D eigenvalue weighted by molar-refractivity contribution is 7.91. The van der Waals surface area contributed by atoms with E-state index in [9.17, 15) is 23.1 Å². The van der Waals surface area contributed by atoms with Gasteiger partial charge in [0, 0.05) is 23.5 Å². The van der Waals surface area contributed by atoms with Gasteiger partial charge in [-0.25, -0.2) is 13.2 Å². The third-order valence-corrected chi connectivity index (χ3v) is 8.09. The Morgan fingerprint density at radius 2 is 1.76 bits per heavy atom. The summed E-state index contributed by atoms with van der Waals surface area (Å²) >= 11 is 0. The summed E-state index contributed by atoms with van der Waals surface area (Å²) in [4.78, 5) is 27.4. The predicted molar refractivity (Wildman–Crippen MR) is 139 cm³/mol. The number of nitrogens with two attached hydrogens (primary N) is 1. The second-order valence-electron chi connectivity index (χ2n) is 8.36. The van der Waals surface area contributed by atoms with Crippen LogP contribution in [0.1, 0.15) is 37.4 Å². The fourth-order valence-electron chi connectivity index (χ4n) is 4.33. The van der Waals surface area contributed by atoms with Gasteiger partial charge >= 0.3 is 5.97 Å². The zero-order chi connectivity index (χ0) is 26.7. The number of sulfone groups is 1. The fraction of sp³-hybridized carbons (Fsp3) is 0.107. The predicted octanol–water partition coefficient (Wildman–Crippen LogP) is 4.58. The van der Waals surface area contributed by atoms with Crippen molar-refractivity contribution in [2.75, 3.05) is 12.8 Å². The lowest BCUT2D eigenvalue weighted by Gasteiger charge is -2.22. The van der Waals surface area contributed by atoms with Crippen LogP contribution in [-0.2, 0) is 16.3 Å². The molecule has 0 fully saturated rings. The molecular formula is C28H24N2O6S. The molecule has 0 saturated heterocycles. The number of nitrogens with zero attached hydrogens (tertiary/aromatic N) is 1. The molecule has 4 aromatic rings. The van der Waals surface area contributed by atoms with E-state index in [0.717, 1.165) is 5.56 Å². The van der Waals surface area contributed by atoms with Crippen molar-refractivity contribution in [1.82, 2.24) is 4.98 Å². The van der Waals surface area contributed by atoms with Gasteiger partial charge in [-0.15, -0.1) is 0 Å². The summed E-state index contributed by atoms with van der Waals surface area (Å²) < 4.78 is 32.8. The second kappa shape index (κ2) is 10.2. The highest BCUT2D eigenvalue weighted by atomic mass is 32.2. The topological polar surface area (TPSA) is 137 Å². The smallest absolute Gasteiger partial charge is 0.339 e. The molecule has 8 nitrogen and oxygen atoms in total. The molecule has 3 N–H and O–H groups in total. The lowest BCUT2D eigenvalue weighted by Crippen LogP contribution is -2.17. The Balaban J connectivity index is 2.07. The average molecular weight is 517 g/mol. The Bertz CT molecular complexity index is 1580. The molecule has 9 heteroatoms. The quantitative estimate of drug-likeness (QED) is 0.256. The number of anilines is 1. The first-order chi connectivity index (χ1) is 17.7. The fourth-order valence-corrected chi connectivity index (χ4v) is 6.05. The van der Waals surface area contributed by atoms with Crippen molar-refractivity contribution in [3.63, 3.8) is 0 Å². The maximum absolute atomic E-state index is 13.9. The number of nitrogen functional groups attached to an aromatic ring is 1. The molecule has 1 heterocycles. The molecule has 0 radical (unpaired) electrons. The number of aldehydes is 1. The zero-order valence-electron chi connectivity index (χ0n) is 20.1. The van der Waals surface area contributed by atoms with E-state index in [0.29, 0.717) is 34.3 Å². The molecule has 1 aromatic heterocycles. The normalized spacial score (nSPS) is 11.2. The zero-order valence-corrected chi connectivity index (χ0v) is 21.0. The van der Waals surface area contributed by atoms with Crippen LogP contribution in [-0.4, -0.2) is 37.9 Å². The molecule has 0 saturated carbocycles. The minimum atomic E-state index is -4.30. The molecule has 0 amide bonds. The van der Waals surface area contributed by atoms with Crippen LogP contribution in [0.5, 0.6) is 5.75 Å². The SMILES string of the molecule is COc1ccc(S(=O)(=O)c2c(C)c(Cc3cccnc3)c(-c3ccc(C=O)cc3)c(N)c2C(=O)O)cc1. The standard InChI is InChI=1S/C28H24N2O6S/c1-17-23(14-19-4-3-13-30-15-19)24(20-7-5-18(16-31)6-8-20)26(29)25(28(32)33)27(17)37(34,35)22-11-9-21(36-2)10-12-22/h3-13,15-16H,14,29H2,1-2H3,(H,32,33). The maximum Gasteiger partial charge on any atom is 0.339 e. The molecule has 0 aliphatic rings. The van der Waals surface area contributed by atoms with Crippen LogP contribution >= 0.6 is 0 Å². The molecule has 0 aliphatic carbocycles. The van der Waals surface area contributed by atoms with Gasteiger partial charge in [0.2, 0.25) is 9.84 Å². The van der Waals surface area contributed by atoms with Crippen LogP contribution in [0.2, 0.25) is 0 Å². The van der Waals surface area contributed by atoms with Crippen LogP contribution in [0.15, 0.2) is 82.8 Å². The van der Waals surface area contributed by atoms with Gasteiger partial charge in [0.15, 0.2) is 0 Å². The first-order valence-corrected chi connectivity index (χ1v) is 12.7. The van der Waals surface area contributed by atoms with Crippen molar-refractivity contribution in [2.24, 2.45) is 0 Å². The molecule has 0 bridgehead atoms. The molecule has 4 rings (SSSR count). The summed E-state index contributed by atoms with van der Waals surface area (Å²) in [6.45, 7) is 1.58. The van der Waals surface area contributed by atoms with Crippen LogP contribution in [0.25, 0.3) is 11.1 Å². The van der Waals surface area contributed by atoms with Gasteiger partial charge in [0.25, 0.3) is 0 Å². The number of benzene rings is 3. The van der Waals surface area contributed by atoms with Gasteiger partial charge in [-0.1, -0.05) is 30.3 Å². The maximum atomic E-state index is 13.9. The number of carbonyl (C=O) groups is 2. The molecule has 3 aromatic carbocycles.